The molecule has 0 aromatic carbocycles. The van der Waals surface area contributed by atoms with Gasteiger partial charge in [0.1, 0.15) is 0 Å². The minimum atomic E-state index is -0.119. The molecule has 0 rings (SSSR count). The quantitative estimate of drug-likeness (QED) is 0.222. The summed E-state index contributed by atoms with van der Waals surface area (Å²) in [6, 6.07) is 0. The van der Waals surface area contributed by atoms with Gasteiger partial charge in [-0.2, -0.15) is 5.10 Å². The van der Waals surface area contributed by atoms with Crippen molar-refractivity contribution in [3.05, 3.63) is 0 Å². The molecule has 6 heteroatoms. The first-order chi connectivity index (χ1) is 7.66. The number of carbonyl (C=O) groups excluding carboxylic acids is 1. The summed E-state index contributed by atoms with van der Waals surface area (Å²) in [6.45, 7) is 2.26. The van der Waals surface area contributed by atoms with Gasteiger partial charge >= 0.3 is 5.97 Å². The maximum atomic E-state index is 11.0. The Morgan fingerprint density at radius 3 is 2.88 bits per heavy atom. The van der Waals surface area contributed by atoms with E-state index in [9.17, 15) is 4.79 Å². The van der Waals surface area contributed by atoms with E-state index in [-0.39, 0.29) is 11.1 Å². The normalized spacial score (nSPS) is 10.3. The molecule has 16 heavy (non-hydrogen) atoms. The average Bonchev–Trinajstić information content (AvgIpc) is 2.22. The summed E-state index contributed by atoms with van der Waals surface area (Å²) in [5.74, 6) is -0.119. The van der Waals surface area contributed by atoms with Crippen molar-refractivity contribution in [1.29, 1.82) is 0 Å². The molecule has 0 aromatic heterocycles. The standard InChI is InChI=1S/C10H19N3O2S/c1-2-15-9(14)7-5-3-4-6-8-12-13-10(11)16/h8H,2-7H2,1H3,(H3,11,13,16)/b12-8+. The number of nitrogens with two attached hydrogens (primary N) is 1. The van der Waals surface area contributed by atoms with Crippen LogP contribution in [0.1, 0.15) is 39.0 Å². The van der Waals surface area contributed by atoms with Crippen molar-refractivity contribution in [1.82, 2.24) is 5.43 Å². The number of esters is 1. The average molecular weight is 245 g/mol. The Kier molecular flexibility index (Phi) is 9.59. The second-order valence-corrected chi connectivity index (χ2v) is 3.63. The Morgan fingerprint density at radius 2 is 2.25 bits per heavy atom. The number of unbranched alkanes of at least 4 members (excludes halogenated alkanes) is 3. The molecule has 0 saturated heterocycles. The van der Waals surface area contributed by atoms with Gasteiger partial charge in [-0.15, -0.1) is 0 Å². The van der Waals surface area contributed by atoms with Gasteiger partial charge in [0.2, 0.25) is 0 Å². The molecule has 0 amide bonds. The molecule has 5 nitrogen and oxygen atoms in total. The number of nitrogens with one attached hydrogen (secondary N) is 1. The molecule has 0 bridgehead atoms. The van der Waals surface area contributed by atoms with E-state index in [4.69, 9.17) is 10.5 Å². The topological polar surface area (TPSA) is 76.7 Å². The number of carbonyl (C=O) groups is 1. The summed E-state index contributed by atoms with van der Waals surface area (Å²) in [4.78, 5) is 11.0. The molecule has 0 radical (unpaired) electrons. The number of hydrogen-bond donors (Lipinski definition) is 2. The van der Waals surface area contributed by atoms with Crippen molar-refractivity contribution in [2.24, 2.45) is 10.8 Å². The number of nitrogens with zero attached hydrogens (tertiary/aromatic N) is 1. The zero-order chi connectivity index (χ0) is 12.2. The number of thiocarbonyl (C=S) groups is 1. The summed E-state index contributed by atoms with van der Waals surface area (Å²) in [5, 5.41) is 3.97. The van der Waals surface area contributed by atoms with Crippen LogP contribution in [-0.2, 0) is 9.53 Å². The van der Waals surface area contributed by atoms with Gasteiger partial charge in [0.15, 0.2) is 5.11 Å². The van der Waals surface area contributed by atoms with E-state index in [1.54, 1.807) is 6.21 Å². The van der Waals surface area contributed by atoms with Gasteiger partial charge in [0.05, 0.1) is 6.61 Å². The van der Waals surface area contributed by atoms with Gasteiger partial charge in [0, 0.05) is 12.6 Å². The van der Waals surface area contributed by atoms with Crippen LogP contribution in [-0.4, -0.2) is 23.9 Å². The third kappa shape index (κ3) is 10.9. The second kappa shape index (κ2) is 10.4. The fourth-order valence-electron chi connectivity index (χ4n) is 1.09. The van der Waals surface area contributed by atoms with Crippen molar-refractivity contribution >= 4 is 29.5 Å². The monoisotopic (exact) mass is 245 g/mol. The molecule has 0 unspecified atom stereocenters. The molecule has 0 spiro atoms. The van der Waals surface area contributed by atoms with Crippen molar-refractivity contribution in [3.63, 3.8) is 0 Å². The Bertz CT molecular complexity index is 244. The summed E-state index contributed by atoms with van der Waals surface area (Å²) in [7, 11) is 0. The lowest BCUT2D eigenvalue weighted by atomic mass is 10.1. The van der Waals surface area contributed by atoms with Crippen LogP contribution in [0.2, 0.25) is 0 Å². The van der Waals surface area contributed by atoms with E-state index in [0.29, 0.717) is 13.0 Å². The van der Waals surface area contributed by atoms with E-state index >= 15 is 0 Å². The first kappa shape index (κ1) is 14.8. The molecular weight excluding hydrogens is 226 g/mol. The molecule has 0 aromatic rings. The molecule has 0 aliphatic heterocycles. The highest BCUT2D eigenvalue weighted by Crippen LogP contribution is 2.02. The fourth-order valence-corrected chi connectivity index (χ4v) is 1.14. The molecule has 92 valence electrons. The SMILES string of the molecule is CCOC(=O)CCCCC/C=N/NC(N)=S. The number of rotatable bonds is 8. The molecule has 0 aliphatic carbocycles. The van der Waals surface area contributed by atoms with Gasteiger partial charge in [-0.25, -0.2) is 0 Å². The number of hydrazone groups is 1. The van der Waals surface area contributed by atoms with Crippen molar-refractivity contribution < 1.29 is 9.53 Å². The van der Waals surface area contributed by atoms with E-state index < -0.39 is 0 Å². The van der Waals surface area contributed by atoms with E-state index in [2.05, 4.69) is 22.7 Å². The zero-order valence-electron chi connectivity index (χ0n) is 9.57. The van der Waals surface area contributed by atoms with Crippen molar-refractivity contribution in [2.45, 2.75) is 39.0 Å². The Morgan fingerprint density at radius 1 is 1.50 bits per heavy atom. The van der Waals surface area contributed by atoms with Crippen LogP contribution >= 0.6 is 12.2 Å². The Hall–Kier alpha value is -1.17. The van der Waals surface area contributed by atoms with Crippen LogP contribution in [0.5, 0.6) is 0 Å². The smallest absolute Gasteiger partial charge is 0.305 e. The van der Waals surface area contributed by atoms with E-state index in [0.717, 1.165) is 25.7 Å². The van der Waals surface area contributed by atoms with Crippen LogP contribution in [0.25, 0.3) is 0 Å². The second-order valence-electron chi connectivity index (χ2n) is 3.19. The lowest BCUT2D eigenvalue weighted by molar-refractivity contribution is -0.143. The predicted molar refractivity (Wildman–Crippen MR) is 68.1 cm³/mol. The maximum absolute atomic E-state index is 11.0. The molecule has 3 N–H and O–H groups in total. The predicted octanol–water partition coefficient (Wildman–Crippen LogP) is 1.32. The van der Waals surface area contributed by atoms with E-state index in [1.165, 1.54) is 0 Å². The molecule has 0 heterocycles. The van der Waals surface area contributed by atoms with Crippen LogP contribution in [0.4, 0.5) is 0 Å². The molecule has 0 saturated carbocycles. The van der Waals surface area contributed by atoms with Gasteiger partial charge in [-0.1, -0.05) is 6.42 Å². The van der Waals surface area contributed by atoms with Crippen LogP contribution in [0.3, 0.4) is 0 Å². The van der Waals surface area contributed by atoms with Crippen LogP contribution in [0.15, 0.2) is 5.10 Å². The van der Waals surface area contributed by atoms with Gasteiger partial charge in [0.25, 0.3) is 0 Å². The molecule has 0 aliphatic rings. The number of ether oxygens (including phenoxy) is 1. The third-order valence-electron chi connectivity index (χ3n) is 1.79. The summed E-state index contributed by atoms with van der Waals surface area (Å²) in [5.41, 5.74) is 7.65. The minimum absolute atomic E-state index is 0.119. The highest BCUT2D eigenvalue weighted by atomic mass is 32.1. The Labute approximate surface area is 101 Å². The van der Waals surface area contributed by atoms with Crippen molar-refractivity contribution in [2.75, 3.05) is 6.61 Å². The van der Waals surface area contributed by atoms with E-state index in [1.807, 2.05) is 6.92 Å². The van der Waals surface area contributed by atoms with Crippen molar-refractivity contribution in [3.8, 4) is 0 Å². The summed E-state index contributed by atoms with van der Waals surface area (Å²) >= 11 is 4.57. The maximum Gasteiger partial charge on any atom is 0.305 e. The highest BCUT2D eigenvalue weighted by molar-refractivity contribution is 7.80. The third-order valence-corrected chi connectivity index (χ3v) is 1.88. The largest absolute Gasteiger partial charge is 0.466 e. The fraction of sp³-hybridized carbons (Fsp3) is 0.700. The summed E-state index contributed by atoms with van der Waals surface area (Å²) in [6.07, 6.45) is 5.90. The minimum Gasteiger partial charge on any atom is -0.466 e. The first-order valence-electron chi connectivity index (χ1n) is 5.39. The van der Waals surface area contributed by atoms with Crippen LogP contribution < -0.4 is 11.2 Å². The first-order valence-corrected chi connectivity index (χ1v) is 5.80. The highest BCUT2D eigenvalue weighted by Gasteiger charge is 1.99. The molecular formula is C10H19N3O2S. The Balaban J connectivity index is 3.24. The molecule has 0 atom stereocenters. The lowest BCUT2D eigenvalue weighted by Gasteiger charge is -2.00. The van der Waals surface area contributed by atoms with Gasteiger partial charge in [-0.05, 0) is 38.4 Å². The lowest BCUT2D eigenvalue weighted by Crippen LogP contribution is -2.23. The number of hydrogen-bond acceptors (Lipinski definition) is 4. The van der Waals surface area contributed by atoms with Crippen LogP contribution in [0, 0.1) is 0 Å². The zero-order valence-corrected chi connectivity index (χ0v) is 10.4. The van der Waals surface area contributed by atoms with Gasteiger partial charge < -0.3 is 10.5 Å². The molecule has 0 fully saturated rings. The summed E-state index contributed by atoms with van der Waals surface area (Å²) < 4.78 is 4.81. The van der Waals surface area contributed by atoms with Gasteiger partial charge in [-0.3, -0.25) is 10.2 Å².